The van der Waals surface area contributed by atoms with Gasteiger partial charge in [-0.3, -0.25) is 5.32 Å². The molecule has 0 saturated heterocycles. The lowest BCUT2D eigenvalue weighted by Crippen LogP contribution is -2.36. The Morgan fingerprint density at radius 3 is 2.24 bits per heavy atom. The van der Waals surface area contributed by atoms with Crippen LogP contribution in [0.5, 0.6) is 0 Å². The van der Waals surface area contributed by atoms with Crippen LogP contribution in [0.2, 0.25) is 0 Å². The normalized spacial score (nSPS) is 15.0. The van der Waals surface area contributed by atoms with Gasteiger partial charge in [-0.05, 0) is 26.3 Å². The molecule has 2 unspecified atom stereocenters. The first-order valence-corrected chi connectivity index (χ1v) is 6.61. The zero-order valence-electron chi connectivity index (χ0n) is 12.0. The van der Waals surface area contributed by atoms with Crippen molar-refractivity contribution < 1.29 is 17.7 Å². The van der Waals surface area contributed by atoms with Crippen LogP contribution >= 0.6 is 0 Å². The molecule has 0 radical (unpaired) electrons. The van der Waals surface area contributed by atoms with Crippen LogP contribution in [0.3, 0.4) is 0 Å². The fraction of sp³-hybridized carbons (Fsp3) is 0.400. The monoisotopic (exact) mass is 298 g/mol. The third-order valence-electron chi connectivity index (χ3n) is 3.40. The molecule has 1 heterocycles. The summed E-state index contributed by atoms with van der Waals surface area (Å²) >= 11 is 0. The lowest BCUT2D eigenvalue weighted by atomic mass is 10.0. The largest absolute Gasteiger partial charge is 0.407 e. The van der Waals surface area contributed by atoms with Gasteiger partial charge in [0, 0.05) is 11.6 Å². The van der Waals surface area contributed by atoms with Crippen molar-refractivity contribution in [3.8, 4) is 0 Å². The SMILES string of the molecule is Cc1noc(C)c1C(C)NC(c1ccccc1)C(F)(F)F. The Kier molecular flexibility index (Phi) is 4.37. The number of benzene rings is 1. The van der Waals surface area contributed by atoms with Crippen LogP contribution in [0.4, 0.5) is 13.2 Å². The molecule has 0 amide bonds. The van der Waals surface area contributed by atoms with Crippen LogP contribution in [0.15, 0.2) is 34.9 Å². The van der Waals surface area contributed by atoms with E-state index in [4.69, 9.17) is 4.52 Å². The van der Waals surface area contributed by atoms with E-state index in [2.05, 4.69) is 10.5 Å². The molecular formula is C15H17F3N2O. The van der Waals surface area contributed by atoms with Crippen LogP contribution in [0.25, 0.3) is 0 Å². The number of alkyl halides is 3. The maximum Gasteiger partial charge on any atom is 0.407 e. The first-order chi connectivity index (χ1) is 9.80. The second-order valence-electron chi connectivity index (χ2n) is 5.01. The van der Waals surface area contributed by atoms with E-state index in [1.807, 2.05) is 0 Å². The van der Waals surface area contributed by atoms with Gasteiger partial charge in [0.2, 0.25) is 0 Å². The van der Waals surface area contributed by atoms with Crippen LogP contribution in [-0.4, -0.2) is 11.3 Å². The minimum Gasteiger partial charge on any atom is -0.361 e. The van der Waals surface area contributed by atoms with Gasteiger partial charge in [0.05, 0.1) is 5.69 Å². The van der Waals surface area contributed by atoms with Crippen LogP contribution in [0.1, 0.15) is 41.6 Å². The van der Waals surface area contributed by atoms with E-state index in [1.54, 1.807) is 39.0 Å². The van der Waals surface area contributed by atoms with E-state index in [1.165, 1.54) is 12.1 Å². The van der Waals surface area contributed by atoms with E-state index in [0.717, 1.165) is 0 Å². The number of rotatable bonds is 4. The molecule has 1 N–H and O–H groups in total. The van der Waals surface area contributed by atoms with Gasteiger partial charge in [-0.15, -0.1) is 0 Å². The Labute approximate surface area is 121 Å². The first-order valence-electron chi connectivity index (χ1n) is 6.61. The van der Waals surface area contributed by atoms with Crippen LogP contribution < -0.4 is 5.32 Å². The van der Waals surface area contributed by atoms with E-state index in [0.29, 0.717) is 17.0 Å². The zero-order chi connectivity index (χ0) is 15.6. The Morgan fingerprint density at radius 1 is 1.14 bits per heavy atom. The maximum atomic E-state index is 13.3. The fourth-order valence-electron chi connectivity index (χ4n) is 2.47. The minimum atomic E-state index is -4.38. The summed E-state index contributed by atoms with van der Waals surface area (Å²) in [4.78, 5) is 0. The third kappa shape index (κ3) is 3.44. The van der Waals surface area contributed by atoms with Crippen molar-refractivity contribution >= 4 is 0 Å². The van der Waals surface area contributed by atoms with Gasteiger partial charge >= 0.3 is 6.18 Å². The van der Waals surface area contributed by atoms with Crippen molar-refractivity contribution in [1.29, 1.82) is 0 Å². The lowest BCUT2D eigenvalue weighted by Gasteiger charge is -2.26. The summed E-state index contributed by atoms with van der Waals surface area (Å²) in [6, 6.07) is 5.54. The Morgan fingerprint density at radius 2 is 1.76 bits per heavy atom. The molecule has 114 valence electrons. The van der Waals surface area contributed by atoms with Crippen molar-refractivity contribution in [3.63, 3.8) is 0 Å². The van der Waals surface area contributed by atoms with Gasteiger partial charge in [0.15, 0.2) is 0 Å². The van der Waals surface area contributed by atoms with Crippen molar-refractivity contribution in [2.45, 2.75) is 39.0 Å². The molecule has 1 aromatic heterocycles. The molecule has 2 aromatic rings. The topological polar surface area (TPSA) is 38.1 Å². The molecule has 2 atom stereocenters. The summed E-state index contributed by atoms with van der Waals surface area (Å²) in [6.07, 6.45) is -4.38. The summed E-state index contributed by atoms with van der Waals surface area (Å²) in [5.41, 5.74) is 1.45. The molecule has 0 aliphatic carbocycles. The predicted molar refractivity (Wildman–Crippen MR) is 72.8 cm³/mol. The number of nitrogens with one attached hydrogen (secondary N) is 1. The first kappa shape index (κ1) is 15.6. The molecule has 3 nitrogen and oxygen atoms in total. The maximum absolute atomic E-state index is 13.3. The van der Waals surface area contributed by atoms with Crippen molar-refractivity contribution in [2.24, 2.45) is 0 Å². The minimum absolute atomic E-state index is 0.184. The number of hydrogen-bond donors (Lipinski definition) is 1. The highest BCUT2D eigenvalue weighted by Gasteiger charge is 2.41. The molecule has 0 bridgehead atoms. The molecule has 6 heteroatoms. The average molecular weight is 298 g/mol. The smallest absolute Gasteiger partial charge is 0.361 e. The number of halogens is 3. The summed E-state index contributed by atoms with van der Waals surface area (Å²) in [6.45, 7) is 5.09. The molecule has 0 aliphatic rings. The second-order valence-corrected chi connectivity index (χ2v) is 5.01. The van der Waals surface area contributed by atoms with E-state index < -0.39 is 18.3 Å². The van der Waals surface area contributed by atoms with Gasteiger partial charge in [-0.1, -0.05) is 35.5 Å². The highest BCUT2D eigenvalue weighted by Crippen LogP contribution is 2.35. The zero-order valence-corrected chi connectivity index (χ0v) is 12.0. The summed E-state index contributed by atoms with van der Waals surface area (Å²) in [7, 11) is 0. The number of nitrogens with zero attached hydrogens (tertiary/aromatic N) is 1. The van der Waals surface area contributed by atoms with Gasteiger partial charge in [-0.2, -0.15) is 13.2 Å². The Bertz CT molecular complexity index is 573. The lowest BCUT2D eigenvalue weighted by molar-refractivity contribution is -0.159. The van der Waals surface area contributed by atoms with Crippen LogP contribution in [-0.2, 0) is 0 Å². The molecule has 2 rings (SSSR count). The number of aryl methyl sites for hydroxylation is 2. The standard InChI is InChI=1S/C15H17F3N2O/c1-9(13-10(2)20-21-11(13)3)19-14(15(16,17)18)12-7-5-4-6-8-12/h4-9,14,19H,1-3H3. The Hall–Kier alpha value is -1.82. The molecule has 21 heavy (non-hydrogen) atoms. The van der Waals surface area contributed by atoms with Gasteiger partial charge < -0.3 is 4.52 Å². The highest BCUT2D eigenvalue weighted by atomic mass is 19.4. The molecule has 0 fully saturated rings. The van der Waals surface area contributed by atoms with Crippen molar-refractivity contribution in [3.05, 3.63) is 52.9 Å². The number of hydrogen-bond acceptors (Lipinski definition) is 3. The fourth-order valence-corrected chi connectivity index (χ4v) is 2.47. The summed E-state index contributed by atoms with van der Waals surface area (Å²) in [5, 5.41) is 6.42. The van der Waals surface area contributed by atoms with E-state index >= 15 is 0 Å². The van der Waals surface area contributed by atoms with Crippen LogP contribution in [0, 0.1) is 13.8 Å². The molecule has 0 aliphatic heterocycles. The third-order valence-corrected chi connectivity index (χ3v) is 3.40. The summed E-state index contributed by atoms with van der Waals surface area (Å²) in [5.74, 6) is 0.529. The van der Waals surface area contributed by atoms with Gasteiger partial charge in [-0.25, -0.2) is 0 Å². The highest BCUT2D eigenvalue weighted by molar-refractivity contribution is 5.26. The molecule has 0 saturated carbocycles. The quantitative estimate of drug-likeness (QED) is 0.917. The van der Waals surface area contributed by atoms with Crippen molar-refractivity contribution in [1.82, 2.24) is 10.5 Å². The predicted octanol–water partition coefficient (Wildman–Crippen LogP) is 4.25. The van der Waals surface area contributed by atoms with Gasteiger partial charge in [0.25, 0.3) is 0 Å². The van der Waals surface area contributed by atoms with Gasteiger partial charge in [0.1, 0.15) is 11.8 Å². The van der Waals surface area contributed by atoms with Crippen molar-refractivity contribution in [2.75, 3.05) is 0 Å². The number of aromatic nitrogens is 1. The molecule has 0 spiro atoms. The average Bonchev–Trinajstić information content (AvgIpc) is 2.75. The molecule has 1 aromatic carbocycles. The molecular weight excluding hydrogens is 281 g/mol. The second kappa shape index (κ2) is 5.89. The summed E-state index contributed by atoms with van der Waals surface area (Å²) < 4.78 is 44.9. The van der Waals surface area contributed by atoms with E-state index in [-0.39, 0.29) is 5.56 Å². The van der Waals surface area contributed by atoms with E-state index in [9.17, 15) is 13.2 Å². The Balaban J connectivity index is 2.28.